The Labute approximate surface area is 91.3 Å². The number of benzene rings is 1. The van der Waals surface area contributed by atoms with Gasteiger partial charge in [0.1, 0.15) is 5.82 Å². The molecule has 1 unspecified atom stereocenters. The highest BCUT2D eigenvalue weighted by Crippen LogP contribution is 2.37. The molecule has 2 nitrogen and oxygen atoms in total. The van der Waals surface area contributed by atoms with Crippen molar-refractivity contribution in [3.05, 3.63) is 34.1 Å². The molecule has 0 aromatic heterocycles. The number of nitrogens with one attached hydrogen (secondary N) is 1. The molecule has 76 valence electrons. The van der Waals surface area contributed by atoms with Crippen molar-refractivity contribution in [1.82, 2.24) is 4.72 Å². The van der Waals surface area contributed by atoms with E-state index < -0.39 is 0 Å². The second-order valence-electron chi connectivity index (χ2n) is 3.29. The highest BCUT2D eigenvalue weighted by molar-refractivity contribution is 7.95. The molecule has 0 spiro atoms. The second kappa shape index (κ2) is 4.06. The van der Waals surface area contributed by atoms with Crippen molar-refractivity contribution in [1.29, 1.82) is 0 Å². The molecule has 0 heterocycles. The van der Waals surface area contributed by atoms with Gasteiger partial charge in [0.2, 0.25) is 0 Å². The molecule has 0 radical (unpaired) electrons. The quantitative estimate of drug-likeness (QED) is 0.770. The summed E-state index contributed by atoms with van der Waals surface area (Å²) in [4.78, 5) is 0. The van der Waals surface area contributed by atoms with Crippen LogP contribution in [0, 0.1) is 5.82 Å². The molecule has 0 saturated carbocycles. The Bertz CT molecular complexity index is 359. The number of halogens is 2. The summed E-state index contributed by atoms with van der Waals surface area (Å²) >= 11 is 7.05. The highest BCUT2D eigenvalue weighted by atomic mass is 35.5. The van der Waals surface area contributed by atoms with E-state index in [0.717, 1.165) is 36.1 Å². The normalized spacial score (nSPS) is 19.8. The number of hydrogen-bond donors (Lipinski definition) is 2. The molecule has 3 N–H and O–H groups in total. The average molecular weight is 233 g/mol. The highest BCUT2D eigenvalue weighted by Gasteiger charge is 2.25. The first-order valence-corrected chi connectivity index (χ1v) is 5.57. The molecule has 1 atom stereocenters. The first-order chi connectivity index (χ1) is 6.72. The van der Waals surface area contributed by atoms with Crippen molar-refractivity contribution in [3.63, 3.8) is 0 Å². The van der Waals surface area contributed by atoms with Crippen LogP contribution in [-0.2, 0) is 6.42 Å². The van der Waals surface area contributed by atoms with Gasteiger partial charge in [-0.25, -0.2) is 9.11 Å². The molecule has 1 aromatic rings. The van der Waals surface area contributed by atoms with Gasteiger partial charge in [-0.1, -0.05) is 11.6 Å². The monoisotopic (exact) mass is 232 g/mol. The number of hydrogen-bond acceptors (Lipinski definition) is 3. The van der Waals surface area contributed by atoms with Crippen LogP contribution in [-0.4, -0.2) is 0 Å². The van der Waals surface area contributed by atoms with E-state index in [1.807, 2.05) is 0 Å². The fraction of sp³-hybridized carbons (Fsp3) is 0.333. The van der Waals surface area contributed by atoms with E-state index in [4.69, 9.17) is 16.7 Å². The number of fused-ring (bicyclic) bond motifs is 1. The lowest BCUT2D eigenvalue weighted by atomic mass is 10.1. The maximum absolute atomic E-state index is 13.0. The standard InChI is InChI=1S/C9H10ClFN2S/c10-7-4-6(11)3-5-1-2-8(9(5)7)13-14-12/h3-4,8,13H,1-2,12H2. The Morgan fingerprint density at radius 3 is 3.07 bits per heavy atom. The summed E-state index contributed by atoms with van der Waals surface area (Å²) in [5, 5.41) is 5.82. The van der Waals surface area contributed by atoms with Crippen molar-refractivity contribution in [2.45, 2.75) is 18.9 Å². The smallest absolute Gasteiger partial charge is 0.124 e. The number of rotatable bonds is 2. The second-order valence-corrected chi connectivity index (χ2v) is 4.17. The lowest BCUT2D eigenvalue weighted by Gasteiger charge is -2.12. The van der Waals surface area contributed by atoms with Crippen molar-refractivity contribution in [2.75, 3.05) is 0 Å². The maximum atomic E-state index is 13.0. The van der Waals surface area contributed by atoms with Crippen LogP contribution in [0.2, 0.25) is 5.02 Å². The lowest BCUT2D eigenvalue weighted by molar-refractivity contribution is 0.625. The lowest BCUT2D eigenvalue weighted by Crippen LogP contribution is -2.13. The van der Waals surface area contributed by atoms with Crippen LogP contribution in [0.25, 0.3) is 0 Å². The van der Waals surface area contributed by atoms with Gasteiger partial charge in [0.15, 0.2) is 0 Å². The summed E-state index contributed by atoms with van der Waals surface area (Å²) < 4.78 is 16.0. The maximum Gasteiger partial charge on any atom is 0.124 e. The topological polar surface area (TPSA) is 38.0 Å². The zero-order valence-electron chi connectivity index (χ0n) is 7.39. The molecule has 0 saturated heterocycles. The van der Waals surface area contributed by atoms with E-state index in [0.29, 0.717) is 5.02 Å². The van der Waals surface area contributed by atoms with Gasteiger partial charge in [-0.05, 0) is 36.1 Å². The van der Waals surface area contributed by atoms with E-state index in [1.165, 1.54) is 6.07 Å². The Kier molecular flexibility index (Phi) is 2.97. The zero-order chi connectivity index (χ0) is 10.1. The summed E-state index contributed by atoms with van der Waals surface area (Å²) in [7, 11) is 0. The van der Waals surface area contributed by atoms with Crippen LogP contribution in [0.1, 0.15) is 23.6 Å². The molecule has 1 aliphatic rings. The molecule has 14 heavy (non-hydrogen) atoms. The van der Waals surface area contributed by atoms with Gasteiger partial charge in [0.05, 0.1) is 0 Å². The first-order valence-electron chi connectivity index (χ1n) is 4.31. The van der Waals surface area contributed by atoms with Crippen molar-refractivity contribution in [3.8, 4) is 0 Å². The Hall–Kier alpha value is -0.290. The molecule has 0 amide bonds. The Balaban J connectivity index is 2.39. The third-order valence-electron chi connectivity index (χ3n) is 2.44. The predicted octanol–water partition coefficient (Wildman–Crippen LogP) is 2.58. The van der Waals surface area contributed by atoms with Gasteiger partial charge < -0.3 is 0 Å². The molecule has 1 aromatic carbocycles. The average Bonchev–Trinajstić information content (AvgIpc) is 2.49. The molecular weight excluding hydrogens is 223 g/mol. The van der Waals surface area contributed by atoms with E-state index in [2.05, 4.69) is 4.72 Å². The minimum absolute atomic E-state index is 0.146. The van der Waals surface area contributed by atoms with Crippen molar-refractivity contribution >= 4 is 23.7 Å². The number of aryl methyl sites for hydroxylation is 1. The minimum Gasteiger partial charge on any atom is -0.264 e. The Morgan fingerprint density at radius 1 is 1.57 bits per heavy atom. The SMILES string of the molecule is NSNC1CCc2cc(F)cc(Cl)c21. The molecule has 0 fully saturated rings. The van der Waals surface area contributed by atoms with Crippen LogP contribution in [0.15, 0.2) is 12.1 Å². The summed E-state index contributed by atoms with van der Waals surface area (Å²) in [5.74, 6) is -0.269. The molecule has 0 bridgehead atoms. The van der Waals surface area contributed by atoms with E-state index in [1.54, 1.807) is 6.07 Å². The third-order valence-corrected chi connectivity index (χ3v) is 3.17. The van der Waals surface area contributed by atoms with Gasteiger partial charge >= 0.3 is 0 Å². The van der Waals surface area contributed by atoms with Crippen LogP contribution in [0.5, 0.6) is 0 Å². The predicted molar refractivity (Wildman–Crippen MR) is 57.4 cm³/mol. The van der Waals surface area contributed by atoms with E-state index in [-0.39, 0.29) is 11.9 Å². The summed E-state index contributed by atoms with van der Waals surface area (Å²) in [6.45, 7) is 0. The zero-order valence-corrected chi connectivity index (χ0v) is 8.96. The van der Waals surface area contributed by atoms with Gasteiger partial charge in [0, 0.05) is 23.2 Å². The van der Waals surface area contributed by atoms with Gasteiger partial charge in [-0.3, -0.25) is 5.14 Å². The number of nitrogens with two attached hydrogens (primary N) is 1. The summed E-state index contributed by atoms with van der Waals surface area (Å²) in [6, 6.07) is 3.04. The molecule has 0 aliphatic heterocycles. The molecule has 2 rings (SSSR count). The molecule has 1 aliphatic carbocycles. The summed E-state index contributed by atoms with van der Waals surface area (Å²) in [6.07, 6.45) is 1.77. The fourth-order valence-electron chi connectivity index (χ4n) is 1.88. The fourth-order valence-corrected chi connectivity index (χ4v) is 2.64. The van der Waals surface area contributed by atoms with Crippen molar-refractivity contribution in [2.24, 2.45) is 5.14 Å². The van der Waals surface area contributed by atoms with E-state index in [9.17, 15) is 4.39 Å². The van der Waals surface area contributed by atoms with Crippen LogP contribution in [0.4, 0.5) is 4.39 Å². The van der Waals surface area contributed by atoms with Gasteiger partial charge in [-0.15, -0.1) is 0 Å². The minimum atomic E-state index is -0.269. The van der Waals surface area contributed by atoms with Crippen LogP contribution < -0.4 is 9.86 Å². The van der Waals surface area contributed by atoms with Crippen LogP contribution >= 0.6 is 23.7 Å². The van der Waals surface area contributed by atoms with Crippen molar-refractivity contribution < 1.29 is 4.39 Å². The molecular formula is C9H10ClFN2S. The third kappa shape index (κ3) is 1.75. The van der Waals surface area contributed by atoms with E-state index >= 15 is 0 Å². The van der Waals surface area contributed by atoms with Gasteiger partial charge in [-0.2, -0.15) is 0 Å². The van der Waals surface area contributed by atoms with Gasteiger partial charge in [0.25, 0.3) is 0 Å². The largest absolute Gasteiger partial charge is 0.264 e. The Morgan fingerprint density at radius 2 is 2.36 bits per heavy atom. The molecule has 5 heteroatoms. The van der Waals surface area contributed by atoms with Crippen LogP contribution in [0.3, 0.4) is 0 Å². The first kappa shape index (κ1) is 10.2. The summed E-state index contributed by atoms with van der Waals surface area (Å²) in [5.41, 5.74) is 1.98.